The highest BCUT2D eigenvalue weighted by Gasteiger charge is 2.16. The largest absolute Gasteiger partial charge is 0.497 e. The van der Waals surface area contributed by atoms with Gasteiger partial charge in [-0.1, -0.05) is 24.3 Å². The van der Waals surface area contributed by atoms with Crippen molar-refractivity contribution in [1.82, 2.24) is 9.80 Å². The van der Waals surface area contributed by atoms with E-state index in [1.54, 1.807) is 14.2 Å². The number of nitrogens with zero attached hydrogens (tertiary/aromatic N) is 2. The van der Waals surface area contributed by atoms with Crippen molar-refractivity contribution in [3.05, 3.63) is 59.7 Å². The summed E-state index contributed by atoms with van der Waals surface area (Å²) < 4.78 is 10.6. The van der Waals surface area contributed by atoms with Gasteiger partial charge in [-0.05, 0) is 48.2 Å². The molecular formula is C22H32Cl2N2O2. The minimum atomic E-state index is 0. The van der Waals surface area contributed by atoms with Crippen LogP contribution in [-0.2, 0) is 12.8 Å². The van der Waals surface area contributed by atoms with Crippen molar-refractivity contribution in [2.75, 3.05) is 53.5 Å². The summed E-state index contributed by atoms with van der Waals surface area (Å²) in [6.07, 6.45) is 2.17. The second-order valence-corrected chi connectivity index (χ2v) is 6.89. The Morgan fingerprint density at radius 2 is 1.07 bits per heavy atom. The second-order valence-electron chi connectivity index (χ2n) is 6.89. The maximum atomic E-state index is 5.31. The molecule has 2 aromatic carbocycles. The number of ether oxygens (including phenoxy) is 2. The van der Waals surface area contributed by atoms with Gasteiger partial charge in [-0.3, -0.25) is 0 Å². The van der Waals surface area contributed by atoms with Gasteiger partial charge in [0.15, 0.2) is 0 Å². The van der Waals surface area contributed by atoms with Crippen LogP contribution in [0.4, 0.5) is 0 Å². The normalized spacial score (nSPS) is 14.6. The van der Waals surface area contributed by atoms with E-state index < -0.39 is 0 Å². The molecule has 0 spiro atoms. The average molecular weight is 427 g/mol. The molecule has 0 radical (unpaired) electrons. The molecule has 28 heavy (non-hydrogen) atoms. The topological polar surface area (TPSA) is 24.9 Å². The van der Waals surface area contributed by atoms with E-state index in [1.807, 2.05) is 12.1 Å². The Labute approximate surface area is 181 Å². The molecule has 0 aliphatic carbocycles. The molecule has 6 heteroatoms. The van der Waals surface area contributed by atoms with Crippen LogP contribution in [0.15, 0.2) is 48.5 Å². The van der Waals surface area contributed by atoms with E-state index >= 15 is 0 Å². The zero-order chi connectivity index (χ0) is 18.2. The lowest BCUT2D eigenvalue weighted by Crippen LogP contribution is -2.47. The molecule has 2 aromatic rings. The highest BCUT2D eigenvalue weighted by atomic mass is 35.5. The Kier molecular flexibility index (Phi) is 11.3. The standard InChI is InChI=1S/C22H30N2O2.2ClH/c1-25-21-7-3-5-19(17-21)9-11-23-13-15-24(16-14-23)12-10-20-6-4-8-22(18-20)26-2;;/h3-8,17-18H,9-16H2,1-2H3;2*1H. The number of rotatable bonds is 8. The van der Waals surface area contributed by atoms with Crippen LogP contribution in [0.5, 0.6) is 11.5 Å². The van der Waals surface area contributed by atoms with Crippen molar-refractivity contribution in [1.29, 1.82) is 0 Å². The van der Waals surface area contributed by atoms with E-state index in [0.29, 0.717) is 0 Å². The van der Waals surface area contributed by atoms with E-state index in [1.165, 1.54) is 11.1 Å². The molecule has 1 heterocycles. The van der Waals surface area contributed by atoms with Crippen LogP contribution in [0, 0.1) is 0 Å². The number of hydrogen-bond donors (Lipinski definition) is 0. The summed E-state index contributed by atoms with van der Waals surface area (Å²) in [7, 11) is 3.45. The number of piperazine rings is 1. The van der Waals surface area contributed by atoms with Crippen LogP contribution in [0.25, 0.3) is 0 Å². The first-order chi connectivity index (χ1) is 12.8. The summed E-state index contributed by atoms with van der Waals surface area (Å²) in [5.41, 5.74) is 2.70. The van der Waals surface area contributed by atoms with Gasteiger partial charge in [0.05, 0.1) is 14.2 Å². The molecule has 0 N–H and O–H groups in total. The number of benzene rings is 2. The van der Waals surface area contributed by atoms with E-state index in [2.05, 4.69) is 46.2 Å². The van der Waals surface area contributed by atoms with Crippen molar-refractivity contribution < 1.29 is 9.47 Å². The lowest BCUT2D eigenvalue weighted by molar-refractivity contribution is 0.134. The molecule has 0 atom stereocenters. The van der Waals surface area contributed by atoms with Crippen molar-refractivity contribution >= 4 is 24.8 Å². The monoisotopic (exact) mass is 426 g/mol. The predicted octanol–water partition coefficient (Wildman–Crippen LogP) is 3.95. The molecule has 0 unspecified atom stereocenters. The molecule has 0 amide bonds. The summed E-state index contributed by atoms with van der Waals surface area (Å²) in [5, 5.41) is 0. The van der Waals surface area contributed by atoms with Gasteiger partial charge >= 0.3 is 0 Å². The fourth-order valence-corrected chi connectivity index (χ4v) is 3.47. The van der Waals surface area contributed by atoms with Crippen LogP contribution >= 0.6 is 24.8 Å². The lowest BCUT2D eigenvalue weighted by Gasteiger charge is -2.34. The second kappa shape index (κ2) is 12.9. The van der Waals surface area contributed by atoms with Crippen molar-refractivity contribution in [3.63, 3.8) is 0 Å². The third-order valence-electron chi connectivity index (χ3n) is 5.17. The van der Waals surface area contributed by atoms with Gasteiger partial charge < -0.3 is 19.3 Å². The Hall–Kier alpha value is -1.46. The quantitative estimate of drug-likeness (QED) is 0.637. The lowest BCUT2D eigenvalue weighted by atomic mass is 10.1. The van der Waals surface area contributed by atoms with Gasteiger partial charge in [0.1, 0.15) is 11.5 Å². The van der Waals surface area contributed by atoms with Crippen LogP contribution in [0.1, 0.15) is 11.1 Å². The maximum Gasteiger partial charge on any atom is 0.119 e. The van der Waals surface area contributed by atoms with Crippen LogP contribution in [-0.4, -0.2) is 63.3 Å². The van der Waals surface area contributed by atoms with Crippen LogP contribution < -0.4 is 9.47 Å². The van der Waals surface area contributed by atoms with Crippen molar-refractivity contribution in [3.8, 4) is 11.5 Å². The summed E-state index contributed by atoms with van der Waals surface area (Å²) in [4.78, 5) is 5.14. The van der Waals surface area contributed by atoms with E-state index in [0.717, 1.165) is 63.6 Å². The molecule has 0 bridgehead atoms. The summed E-state index contributed by atoms with van der Waals surface area (Å²) in [5.74, 6) is 1.90. The number of halogens is 2. The summed E-state index contributed by atoms with van der Waals surface area (Å²) in [6.45, 7) is 6.86. The third kappa shape index (κ3) is 7.51. The Morgan fingerprint density at radius 3 is 1.43 bits per heavy atom. The van der Waals surface area contributed by atoms with Gasteiger partial charge in [-0.25, -0.2) is 0 Å². The SMILES string of the molecule is COc1cccc(CCN2CCN(CCc3cccc(OC)c3)CC2)c1.Cl.Cl. The molecule has 0 saturated carbocycles. The number of methoxy groups -OCH3 is 2. The molecule has 1 saturated heterocycles. The first-order valence-corrected chi connectivity index (χ1v) is 9.47. The van der Waals surface area contributed by atoms with Gasteiger partial charge in [0.2, 0.25) is 0 Å². The average Bonchev–Trinajstić information content (AvgIpc) is 2.72. The fourth-order valence-electron chi connectivity index (χ4n) is 3.47. The zero-order valence-electron chi connectivity index (χ0n) is 16.8. The molecule has 3 rings (SSSR count). The molecule has 1 fully saturated rings. The van der Waals surface area contributed by atoms with Gasteiger partial charge in [-0.2, -0.15) is 0 Å². The van der Waals surface area contributed by atoms with Gasteiger partial charge in [0, 0.05) is 39.3 Å². The molecule has 1 aliphatic heterocycles. The number of hydrogen-bond acceptors (Lipinski definition) is 4. The Balaban J connectivity index is 0.00000196. The third-order valence-corrected chi connectivity index (χ3v) is 5.17. The first-order valence-electron chi connectivity index (χ1n) is 9.47. The molecule has 156 valence electrons. The summed E-state index contributed by atoms with van der Waals surface area (Å²) in [6, 6.07) is 16.8. The zero-order valence-corrected chi connectivity index (χ0v) is 18.4. The fraction of sp³-hybridized carbons (Fsp3) is 0.455. The Bertz CT molecular complexity index is 632. The molecular weight excluding hydrogens is 395 g/mol. The summed E-state index contributed by atoms with van der Waals surface area (Å²) >= 11 is 0. The maximum absolute atomic E-state index is 5.31. The Morgan fingerprint density at radius 1 is 0.679 bits per heavy atom. The molecule has 4 nitrogen and oxygen atoms in total. The van der Waals surface area contributed by atoms with Crippen molar-refractivity contribution in [2.45, 2.75) is 12.8 Å². The van der Waals surface area contributed by atoms with E-state index in [9.17, 15) is 0 Å². The highest BCUT2D eigenvalue weighted by Crippen LogP contribution is 2.15. The van der Waals surface area contributed by atoms with Crippen LogP contribution in [0.3, 0.4) is 0 Å². The van der Waals surface area contributed by atoms with Crippen LogP contribution in [0.2, 0.25) is 0 Å². The van der Waals surface area contributed by atoms with E-state index in [4.69, 9.17) is 9.47 Å². The minimum absolute atomic E-state index is 0. The molecule has 0 aromatic heterocycles. The predicted molar refractivity (Wildman–Crippen MR) is 121 cm³/mol. The highest BCUT2D eigenvalue weighted by molar-refractivity contribution is 5.85. The molecule has 1 aliphatic rings. The van der Waals surface area contributed by atoms with Gasteiger partial charge in [-0.15, -0.1) is 24.8 Å². The van der Waals surface area contributed by atoms with Gasteiger partial charge in [0.25, 0.3) is 0 Å². The van der Waals surface area contributed by atoms with E-state index in [-0.39, 0.29) is 24.8 Å². The minimum Gasteiger partial charge on any atom is -0.497 e. The van der Waals surface area contributed by atoms with Crippen molar-refractivity contribution in [2.24, 2.45) is 0 Å². The first kappa shape index (κ1) is 24.6. The smallest absolute Gasteiger partial charge is 0.119 e.